The SMILES string of the molecule is COc1ccccc1Oc1ccc(NC(=O)c2ccc(CC(C)OC)nc2C)cc1. The lowest BCUT2D eigenvalue weighted by Crippen LogP contribution is -2.16. The summed E-state index contributed by atoms with van der Waals surface area (Å²) in [7, 11) is 3.27. The predicted molar refractivity (Wildman–Crippen MR) is 117 cm³/mol. The van der Waals surface area contributed by atoms with E-state index in [-0.39, 0.29) is 12.0 Å². The normalized spacial score (nSPS) is 11.6. The number of rotatable bonds is 8. The van der Waals surface area contributed by atoms with Gasteiger partial charge in [0, 0.05) is 24.9 Å². The van der Waals surface area contributed by atoms with Crippen molar-refractivity contribution in [2.45, 2.75) is 26.4 Å². The maximum atomic E-state index is 12.7. The molecule has 0 bridgehead atoms. The summed E-state index contributed by atoms with van der Waals surface area (Å²) in [5, 5.41) is 2.90. The number of benzene rings is 2. The number of carbonyl (C=O) groups is 1. The number of pyridine rings is 1. The number of aryl methyl sites for hydroxylation is 1. The minimum absolute atomic E-state index is 0.0770. The van der Waals surface area contributed by atoms with Gasteiger partial charge < -0.3 is 19.5 Å². The fourth-order valence-corrected chi connectivity index (χ4v) is 2.98. The highest BCUT2D eigenvalue weighted by Gasteiger charge is 2.13. The van der Waals surface area contributed by atoms with Gasteiger partial charge >= 0.3 is 0 Å². The standard InChI is InChI=1S/C24H26N2O4/c1-16(28-3)15-19-11-14-21(17(2)25-19)24(27)26-18-9-12-20(13-10-18)30-23-8-6-5-7-22(23)29-4/h5-14,16H,15H2,1-4H3,(H,26,27). The third-order valence-electron chi connectivity index (χ3n) is 4.70. The fourth-order valence-electron chi connectivity index (χ4n) is 2.98. The van der Waals surface area contributed by atoms with Gasteiger partial charge in [-0.3, -0.25) is 9.78 Å². The van der Waals surface area contributed by atoms with Crippen molar-refractivity contribution in [2.24, 2.45) is 0 Å². The molecule has 0 radical (unpaired) electrons. The Kier molecular flexibility index (Phi) is 7.03. The van der Waals surface area contributed by atoms with Gasteiger partial charge in [0.05, 0.1) is 24.5 Å². The average Bonchev–Trinajstić information content (AvgIpc) is 2.75. The van der Waals surface area contributed by atoms with Crippen LogP contribution in [0.2, 0.25) is 0 Å². The lowest BCUT2D eigenvalue weighted by molar-refractivity contribution is 0.102. The molecule has 30 heavy (non-hydrogen) atoms. The Morgan fingerprint density at radius 2 is 1.70 bits per heavy atom. The lowest BCUT2D eigenvalue weighted by Gasteiger charge is -2.12. The Balaban J connectivity index is 1.66. The van der Waals surface area contributed by atoms with Crippen LogP contribution in [0.1, 0.15) is 28.7 Å². The first-order chi connectivity index (χ1) is 14.5. The van der Waals surface area contributed by atoms with Crippen molar-refractivity contribution in [3.8, 4) is 17.2 Å². The van der Waals surface area contributed by atoms with Crippen LogP contribution in [-0.2, 0) is 11.2 Å². The Hall–Kier alpha value is -3.38. The largest absolute Gasteiger partial charge is 0.493 e. The first-order valence-electron chi connectivity index (χ1n) is 9.71. The van der Waals surface area contributed by atoms with Crippen molar-refractivity contribution in [1.29, 1.82) is 0 Å². The maximum absolute atomic E-state index is 12.7. The molecule has 6 heteroatoms. The van der Waals surface area contributed by atoms with Gasteiger partial charge in [-0.05, 0) is 62.4 Å². The van der Waals surface area contributed by atoms with Gasteiger partial charge in [0.1, 0.15) is 5.75 Å². The van der Waals surface area contributed by atoms with Crippen LogP contribution in [0.4, 0.5) is 5.69 Å². The predicted octanol–water partition coefficient (Wildman–Crippen LogP) is 5.02. The Bertz CT molecular complexity index is 1000. The Morgan fingerprint density at radius 1 is 1.00 bits per heavy atom. The van der Waals surface area contributed by atoms with Crippen molar-refractivity contribution in [3.63, 3.8) is 0 Å². The van der Waals surface area contributed by atoms with Crippen LogP contribution in [-0.4, -0.2) is 31.2 Å². The number of para-hydroxylation sites is 2. The second-order valence-electron chi connectivity index (χ2n) is 6.92. The zero-order valence-corrected chi connectivity index (χ0v) is 17.6. The molecule has 0 aliphatic rings. The molecule has 2 aromatic carbocycles. The van der Waals surface area contributed by atoms with Gasteiger partial charge in [-0.2, -0.15) is 0 Å². The second-order valence-corrected chi connectivity index (χ2v) is 6.92. The van der Waals surface area contributed by atoms with Crippen LogP contribution in [0, 0.1) is 6.92 Å². The van der Waals surface area contributed by atoms with Gasteiger partial charge in [-0.1, -0.05) is 12.1 Å². The number of hydrogen-bond donors (Lipinski definition) is 1. The van der Waals surface area contributed by atoms with Crippen molar-refractivity contribution < 1.29 is 19.0 Å². The molecule has 6 nitrogen and oxygen atoms in total. The van der Waals surface area contributed by atoms with Gasteiger partial charge in [-0.15, -0.1) is 0 Å². The molecule has 0 aliphatic heterocycles. The average molecular weight is 406 g/mol. The summed E-state index contributed by atoms with van der Waals surface area (Å²) in [5.74, 6) is 1.72. The zero-order valence-electron chi connectivity index (χ0n) is 17.6. The minimum Gasteiger partial charge on any atom is -0.493 e. The van der Waals surface area contributed by atoms with Crippen molar-refractivity contribution in [2.75, 3.05) is 19.5 Å². The van der Waals surface area contributed by atoms with E-state index < -0.39 is 0 Å². The van der Waals surface area contributed by atoms with E-state index in [2.05, 4.69) is 10.3 Å². The molecule has 3 aromatic rings. The summed E-state index contributed by atoms with van der Waals surface area (Å²) in [6.07, 6.45) is 0.778. The maximum Gasteiger partial charge on any atom is 0.257 e. The molecule has 1 unspecified atom stereocenters. The molecule has 1 amide bonds. The minimum atomic E-state index is -0.204. The van der Waals surface area contributed by atoms with E-state index in [0.29, 0.717) is 40.6 Å². The van der Waals surface area contributed by atoms with Crippen molar-refractivity contribution in [3.05, 3.63) is 77.6 Å². The molecular weight excluding hydrogens is 380 g/mol. The third-order valence-corrected chi connectivity index (χ3v) is 4.70. The molecular formula is C24H26N2O4. The van der Waals surface area contributed by atoms with E-state index in [1.807, 2.05) is 44.2 Å². The number of ether oxygens (including phenoxy) is 3. The summed E-state index contributed by atoms with van der Waals surface area (Å²) in [6.45, 7) is 3.82. The number of amides is 1. The summed E-state index contributed by atoms with van der Waals surface area (Å²) >= 11 is 0. The zero-order chi connectivity index (χ0) is 21.5. The first-order valence-corrected chi connectivity index (χ1v) is 9.71. The fraction of sp³-hybridized carbons (Fsp3) is 0.250. The molecule has 0 saturated carbocycles. The van der Waals surface area contributed by atoms with Crippen LogP contribution in [0.25, 0.3) is 0 Å². The molecule has 0 saturated heterocycles. The molecule has 1 aromatic heterocycles. The van der Waals surface area contributed by atoms with Crippen LogP contribution < -0.4 is 14.8 Å². The number of nitrogens with one attached hydrogen (secondary N) is 1. The van der Waals surface area contributed by atoms with Crippen LogP contribution in [0.15, 0.2) is 60.7 Å². The molecule has 0 fully saturated rings. The summed E-state index contributed by atoms with van der Waals surface area (Å²) in [5.41, 5.74) is 2.79. The Morgan fingerprint density at radius 3 is 2.33 bits per heavy atom. The number of nitrogens with zero attached hydrogens (tertiary/aromatic N) is 1. The molecule has 3 rings (SSSR count). The molecule has 1 heterocycles. The van der Waals surface area contributed by atoms with Gasteiger partial charge in [0.25, 0.3) is 5.91 Å². The molecule has 1 N–H and O–H groups in total. The van der Waals surface area contributed by atoms with E-state index in [1.165, 1.54) is 0 Å². The summed E-state index contributed by atoms with van der Waals surface area (Å²) in [4.78, 5) is 17.2. The molecule has 1 atom stereocenters. The van der Waals surface area contributed by atoms with E-state index in [1.54, 1.807) is 44.6 Å². The lowest BCUT2D eigenvalue weighted by atomic mass is 10.1. The molecule has 0 spiro atoms. The summed E-state index contributed by atoms with van der Waals surface area (Å²) < 4.78 is 16.4. The number of methoxy groups -OCH3 is 2. The van der Waals surface area contributed by atoms with E-state index in [0.717, 1.165) is 5.69 Å². The molecule has 0 aliphatic carbocycles. The topological polar surface area (TPSA) is 69.7 Å². The Labute approximate surface area is 176 Å². The highest BCUT2D eigenvalue weighted by atomic mass is 16.5. The monoisotopic (exact) mass is 406 g/mol. The van der Waals surface area contributed by atoms with E-state index in [4.69, 9.17) is 14.2 Å². The van der Waals surface area contributed by atoms with Crippen molar-refractivity contribution in [1.82, 2.24) is 4.98 Å². The molecule has 156 valence electrons. The number of carbonyl (C=O) groups excluding carboxylic acids is 1. The highest BCUT2D eigenvalue weighted by Crippen LogP contribution is 2.31. The van der Waals surface area contributed by atoms with E-state index in [9.17, 15) is 4.79 Å². The van der Waals surface area contributed by atoms with Gasteiger partial charge in [-0.25, -0.2) is 0 Å². The number of anilines is 1. The van der Waals surface area contributed by atoms with Crippen LogP contribution in [0.5, 0.6) is 17.2 Å². The van der Waals surface area contributed by atoms with Crippen molar-refractivity contribution >= 4 is 11.6 Å². The van der Waals surface area contributed by atoms with Gasteiger partial charge in [0.2, 0.25) is 0 Å². The van der Waals surface area contributed by atoms with E-state index >= 15 is 0 Å². The second kappa shape index (κ2) is 9.89. The smallest absolute Gasteiger partial charge is 0.257 e. The quantitative estimate of drug-likeness (QED) is 0.569. The van der Waals surface area contributed by atoms with Crippen LogP contribution in [0.3, 0.4) is 0 Å². The number of hydrogen-bond acceptors (Lipinski definition) is 5. The van der Waals surface area contributed by atoms with Crippen LogP contribution >= 0.6 is 0 Å². The number of aromatic nitrogens is 1. The first kappa shape index (κ1) is 21.3. The highest BCUT2D eigenvalue weighted by molar-refractivity contribution is 6.05. The van der Waals surface area contributed by atoms with Gasteiger partial charge in [0.15, 0.2) is 11.5 Å². The summed E-state index contributed by atoms with van der Waals surface area (Å²) in [6, 6.07) is 18.3. The third kappa shape index (κ3) is 5.36.